The number of allylic oxidation sites excluding steroid dienone is 2. The summed E-state index contributed by atoms with van der Waals surface area (Å²) in [7, 11) is 0. The highest BCUT2D eigenvalue weighted by atomic mass is 19.4. The van der Waals surface area contributed by atoms with E-state index in [4.69, 9.17) is 0 Å². The molecule has 0 radical (unpaired) electrons. The van der Waals surface area contributed by atoms with Crippen LogP contribution in [0, 0.1) is 11.8 Å². The van der Waals surface area contributed by atoms with E-state index in [1.165, 1.54) is 6.07 Å². The third-order valence-electron chi connectivity index (χ3n) is 6.03. The summed E-state index contributed by atoms with van der Waals surface area (Å²) in [5.41, 5.74) is 1.86. The summed E-state index contributed by atoms with van der Waals surface area (Å²) in [6.07, 6.45) is -3.58. The van der Waals surface area contributed by atoms with E-state index in [1.807, 2.05) is 18.7 Å². The number of nitrogens with zero attached hydrogens (tertiary/aromatic N) is 2. The van der Waals surface area contributed by atoms with E-state index in [1.54, 1.807) is 11.0 Å². The molecule has 3 rings (SSSR count). The number of carbonyl (C=O) groups excluding carboxylic acids is 1. The van der Waals surface area contributed by atoms with Crippen molar-refractivity contribution in [3.63, 3.8) is 0 Å². The molecule has 1 amide bonds. The number of anilines is 1. The van der Waals surface area contributed by atoms with Gasteiger partial charge in [0.2, 0.25) is 5.91 Å². The fourth-order valence-corrected chi connectivity index (χ4v) is 4.11. The summed E-state index contributed by atoms with van der Waals surface area (Å²) < 4.78 is 38.8. The van der Waals surface area contributed by atoms with Gasteiger partial charge in [-0.3, -0.25) is 9.59 Å². The molecule has 2 atom stereocenters. The van der Waals surface area contributed by atoms with E-state index in [9.17, 15) is 27.9 Å². The molecule has 0 bridgehead atoms. The van der Waals surface area contributed by atoms with Gasteiger partial charge in [0.05, 0.1) is 17.4 Å². The van der Waals surface area contributed by atoms with E-state index < -0.39 is 29.5 Å². The molecule has 1 saturated heterocycles. The molecular formula is C21H25F3N2O3. The van der Waals surface area contributed by atoms with Crippen LogP contribution in [0.4, 0.5) is 18.9 Å². The molecule has 1 aromatic carbocycles. The molecule has 1 fully saturated rings. The highest BCUT2D eigenvalue weighted by Crippen LogP contribution is 2.36. The van der Waals surface area contributed by atoms with E-state index in [0.717, 1.165) is 23.3 Å². The molecule has 5 nitrogen and oxygen atoms in total. The van der Waals surface area contributed by atoms with Crippen LogP contribution < -0.4 is 4.90 Å². The van der Waals surface area contributed by atoms with Gasteiger partial charge in [-0.25, -0.2) is 0 Å². The molecule has 0 aromatic heterocycles. The molecule has 8 heteroatoms. The quantitative estimate of drug-likeness (QED) is 0.770. The molecule has 0 spiro atoms. The highest BCUT2D eigenvalue weighted by Gasteiger charge is 2.40. The van der Waals surface area contributed by atoms with Crippen molar-refractivity contribution in [2.45, 2.75) is 32.9 Å². The zero-order chi connectivity index (χ0) is 21.3. The number of alkyl halides is 3. The van der Waals surface area contributed by atoms with E-state index in [0.29, 0.717) is 44.7 Å². The number of carboxylic acid groups (broad SMARTS) is 1. The topological polar surface area (TPSA) is 60.9 Å². The molecule has 1 heterocycles. The number of piperazine rings is 1. The Morgan fingerprint density at radius 3 is 2.14 bits per heavy atom. The summed E-state index contributed by atoms with van der Waals surface area (Å²) >= 11 is 0. The molecule has 29 heavy (non-hydrogen) atoms. The van der Waals surface area contributed by atoms with E-state index in [2.05, 4.69) is 0 Å². The average Bonchev–Trinajstić information content (AvgIpc) is 2.68. The van der Waals surface area contributed by atoms with Gasteiger partial charge in [0, 0.05) is 31.9 Å². The number of hydrogen-bond acceptors (Lipinski definition) is 3. The number of amides is 1. The molecule has 0 saturated carbocycles. The Morgan fingerprint density at radius 1 is 1.00 bits per heavy atom. The van der Waals surface area contributed by atoms with E-state index >= 15 is 0 Å². The van der Waals surface area contributed by atoms with Crippen molar-refractivity contribution in [1.82, 2.24) is 4.90 Å². The van der Waals surface area contributed by atoms with Gasteiger partial charge < -0.3 is 14.9 Å². The number of benzene rings is 1. The maximum absolute atomic E-state index is 13.0. The first-order chi connectivity index (χ1) is 13.6. The number of carboxylic acids is 1. The van der Waals surface area contributed by atoms with Crippen molar-refractivity contribution in [3.05, 3.63) is 41.0 Å². The van der Waals surface area contributed by atoms with Crippen molar-refractivity contribution in [1.29, 1.82) is 0 Å². The van der Waals surface area contributed by atoms with Gasteiger partial charge in [0.1, 0.15) is 0 Å². The van der Waals surface area contributed by atoms with Crippen molar-refractivity contribution < 1.29 is 27.9 Å². The van der Waals surface area contributed by atoms with Gasteiger partial charge in [-0.1, -0.05) is 17.2 Å². The minimum atomic E-state index is -4.40. The predicted molar refractivity (Wildman–Crippen MR) is 102 cm³/mol. The minimum Gasteiger partial charge on any atom is -0.481 e. The largest absolute Gasteiger partial charge is 0.481 e. The predicted octanol–water partition coefficient (Wildman–Crippen LogP) is 3.80. The number of aliphatic carboxylic acids is 1. The summed E-state index contributed by atoms with van der Waals surface area (Å²) in [4.78, 5) is 28.2. The lowest BCUT2D eigenvalue weighted by Gasteiger charge is -2.39. The van der Waals surface area contributed by atoms with Gasteiger partial charge in [-0.05, 0) is 44.9 Å². The summed E-state index contributed by atoms with van der Waals surface area (Å²) in [6.45, 7) is 5.37. The first kappa shape index (κ1) is 21.2. The maximum atomic E-state index is 13.0. The monoisotopic (exact) mass is 410 g/mol. The first-order valence-corrected chi connectivity index (χ1v) is 9.67. The normalized spacial score (nSPS) is 23.3. The van der Waals surface area contributed by atoms with Gasteiger partial charge >= 0.3 is 12.1 Å². The Bertz CT molecular complexity index is 827. The third kappa shape index (κ3) is 4.57. The highest BCUT2D eigenvalue weighted by molar-refractivity contribution is 5.86. The molecule has 1 N–H and O–H groups in total. The fraction of sp³-hybridized carbons (Fsp3) is 0.524. The second-order valence-corrected chi connectivity index (χ2v) is 7.88. The number of halogens is 3. The Kier molecular flexibility index (Phi) is 5.91. The van der Waals surface area contributed by atoms with Crippen LogP contribution in [0.2, 0.25) is 0 Å². The van der Waals surface area contributed by atoms with Crippen LogP contribution in [0.5, 0.6) is 0 Å². The SMILES string of the molecule is CC1=C(C)C[C@@H](C(=O)N2CCN(c3cccc(C(F)(F)F)c3)CC2)[C@H](C(=O)O)C1. The number of rotatable bonds is 3. The lowest BCUT2D eigenvalue weighted by molar-refractivity contribution is -0.151. The summed E-state index contributed by atoms with van der Waals surface area (Å²) in [5, 5.41) is 9.55. The van der Waals surface area contributed by atoms with Gasteiger partial charge in [0.15, 0.2) is 0 Å². The first-order valence-electron chi connectivity index (χ1n) is 9.67. The van der Waals surface area contributed by atoms with Crippen LogP contribution in [-0.4, -0.2) is 48.1 Å². The van der Waals surface area contributed by atoms with Crippen molar-refractivity contribution in [2.24, 2.45) is 11.8 Å². The Balaban J connectivity index is 1.67. The second-order valence-electron chi connectivity index (χ2n) is 7.88. The van der Waals surface area contributed by atoms with Crippen LogP contribution in [0.1, 0.15) is 32.3 Å². The zero-order valence-electron chi connectivity index (χ0n) is 16.5. The lowest BCUT2D eigenvalue weighted by Crippen LogP contribution is -2.52. The van der Waals surface area contributed by atoms with Crippen molar-refractivity contribution in [3.8, 4) is 0 Å². The maximum Gasteiger partial charge on any atom is 0.416 e. The standard InChI is InChI=1S/C21H25F3N2O3/c1-13-10-17(18(20(28)29)11-14(13)2)19(27)26-8-6-25(7-9-26)16-5-3-4-15(12-16)21(22,23)24/h3-5,12,17-18H,6-11H2,1-2H3,(H,28,29)/t17-,18-/m1/s1. The molecule has 158 valence electrons. The van der Waals surface area contributed by atoms with Gasteiger partial charge in [-0.2, -0.15) is 13.2 Å². The Labute approximate surface area is 167 Å². The third-order valence-corrected chi connectivity index (χ3v) is 6.03. The Hall–Kier alpha value is -2.51. The lowest BCUT2D eigenvalue weighted by atomic mass is 9.76. The Morgan fingerprint density at radius 2 is 1.59 bits per heavy atom. The smallest absolute Gasteiger partial charge is 0.416 e. The van der Waals surface area contributed by atoms with Crippen LogP contribution in [0.15, 0.2) is 35.4 Å². The number of carbonyl (C=O) groups is 2. The molecule has 0 unspecified atom stereocenters. The molecule has 1 aliphatic carbocycles. The van der Waals surface area contributed by atoms with Crippen LogP contribution in [0.3, 0.4) is 0 Å². The molecule has 2 aliphatic rings. The molecule has 1 aromatic rings. The molecule has 1 aliphatic heterocycles. The minimum absolute atomic E-state index is 0.173. The summed E-state index contributed by atoms with van der Waals surface area (Å²) in [6, 6.07) is 5.17. The second kappa shape index (κ2) is 8.08. The fourth-order valence-electron chi connectivity index (χ4n) is 4.11. The molecular weight excluding hydrogens is 385 g/mol. The average molecular weight is 410 g/mol. The van der Waals surface area contributed by atoms with E-state index in [-0.39, 0.29) is 5.91 Å². The zero-order valence-corrected chi connectivity index (χ0v) is 16.5. The van der Waals surface area contributed by atoms with Gasteiger partial charge in [-0.15, -0.1) is 0 Å². The van der Waals surface area contributed by atoms with Gasteiger partial charge in [0.25, 0.3) is 0 Å². The summed E-state index contributed by atoms with van der Waals surface area (Å²) in [5.74, 6) is -2.45. The number of hydrogen-bond donors (Lipinski definition) is 1. The van der Waals surface area contributed by atoms with Crippen molar-refractivity contribution in [2.75, 3.05) is 31.1 Å². The van der Waals surface area contributed by atoms with Crippen molar-refractivity contribution >= 4 is 17.6 Å². The van der Waals surface area contributed by atoms with Crippen LogP contribution >= 0.6 is 0 Å². The van der Waals surface area contributed by atoms with Crippen LogP contribution in [0.25, 0.3) is 0 Å². The van der Waals surface area contributed by atoms with Crippen LogP contribution in [-0.2, 0) is 15.8 Å².